The summed E-state index contributed by atoms with van der Waals surface area (Å²) in [5, 5.41) is 3.52. The Bertz CT molecular complexity index is 1510. The van der Waals surface area contributed by atoms with Gasteiger partial charge >= 0.3 is 6.03 Å². The number of aryl methyl sites for hydroxylation is 1. The van der Waals surface area contributed by atoms with Gasteiger partial charge in [-0.05, 0) is 86.4 Å². The lowest BCUT2D eigenvalue weighted by Crippen LogP contribution is -2.61. The maximum Gasteiger partial charge on any atom is 0.322 e. The minimum atomic E-state index is -0.479. The molecule has 6 heterocycles. The third-order valence-corrected chi connectivity index (χ3v) is 12.1. The molecule has 2 aromatic carbocycles. The molecular formula is C37H50ClN7O3. The van der Waals surface area contributed by atoms with E-state index in [1.807, 2.05) is 58.0 Å². The Balaban J connectivity index is 1.00. The normalized spacial score (nSPS) is 25.5. The molecule has 2 atom stereocenters. The summed E-state index contributed by atoms with van der Waals surface area (Å²) >= 11 is 6.53. The van der Waals surface area contributed by atoms with Crippen molar-refractivity contribution in [3.05, 3.63) is 58.1 Å². The first-order chi connectivity index (χ1) is 23.3. The molecule has 1 unspecified atom stereocenters. The third-order valence-electron chi connectivity index (χ3n) is 11.7. The molecule has 0 aromatic heterocycles. The number of amides is 4. The molecule has 3 N–H and O–H groups in total. The van der Waals surface area contributed by atoms with Crippen LogP contribution in [0.5, 0.6) is 0 Å². The molecule has 258 valence electrons. The van der Waals surface area contributed by atoms with Crippen molar-refractivity contribution in [2.75, 3.05) is 70.0 Å². The molecule has 0 spiro atoms. The number of carbonyl (C=O) groups is 3. The predicted molar refractivity (Wildman–Crippen MR) is 189 cm³/mol. The van der Waals surface area contributed by atoms with E-state index in [0.717, 1.165) is 67.2 Å². The number of piperazine rings is 1. The van der Waals surface area contributed by atoms with Gasteiger partial charge in [-0.1, -0.05) is 42.8 Å². The number of nitrogens with one attached hydrogen (secondary N) is 1. The minimum Gasteiger partial charge on any atom is -0.397 e. The van der Waals surface area contributed by atoms with Gasteiger partial charge in [0.2, 0.25) is 11.8 Å². The highest BCUT2D eigenvalue weighted by atomic mass is 35.5. The number of likely N-dealkylation sites (tertiary alicyclic amines) is 1. The van der Waals surface area contributed by atoms with Gasteiger partial charge in [-0.3, -0.25) is 14.5 Å². The predicted octanol–water partition coefficient (Wildman–Crippen LogP) is 4.31. The van der Waals surface area contributed by atoms with Gasteiger partial charge in [-0.2, -0.15) is 0 Å². The summed E-state index contributed by atoms with van der Waals surface area (Å²) in [5.74, 6) is 0.354. The average Bonchev–Trinajstić information content (AvgIpc) is 3.12. The van der Waals surface area contributed by atoms with Crippen LogP contribution in [0, 0.1) is 11.8 Å². The standard InChI is InChI=1S/C37H50ClN7O3/c1-2-26-19-25(21-31(38)35(26)39)20-29(36(47)44-17-15-42(16-18-44)33-24-41-11-7-27(33)8-12-41)22-34(46)43-13-9-30(10-14-43)45-23-28-5-3-4-6-32(28)40-37(45)48/h3-6,19,21,27,29-30,33H,2,7-18,20,22-24,39H2,1H3,(H,40,48)/t29-,33?/m0/s1. The fraction of sp³-hybridized carbons (Fsp3) is 0.595. The summed E-state index contributed by atoms with van der Waals surface area (Å²) in [5.41, 5.74) is 10.7. The fourth-order valence-electron chi connectivity index (χ4n) is 8.84. The van der Waals surface area contributed by atoms with Crippen molar-refractivity contribution in [1.29, 1.82) is 0 Å². The van der Waals surface area contributed by atoms with E-state index in [-0.39, 0.29) is 30.3 Å². The van der Waals surface area contributed by atoms with Gasteiger partial charge in [0.15, 0.2) is 0 Å². The van der Waals surface area contributed by atoms with Gasteiger partial charge in [0.1, 0.15) is 0 Å². The van der Waals surface area contributed by atoms with Crippen LogP contribution in [0.1, 0.15) is 55.7 Å². The van der Waals surface area contributed by atoms with Gasteiger partial charge < -0.3 is 30.7 Å². The number of halogens is 1. The number of nitrogens with two attached hydrogens (primary N) is 1. The topological polar surface area (TPSA) is 105 Å². The lowest BCUT2D eigenvalue weighted by Gasteiger charge is -2.51. The molecule has 5 fully saturated rings. The Labute approximate surface area is 289 Å². The van der Waals surface area contributed by atoms with Crippen LogP contribution in [0.15, 0.2) is 36.4 Å². The number of anilines is 2. The van der Waals surface area contributed by atoms with Crippen LogP contribution >= 0.6 is 11.6 Å². The number of para-hydroxylation sites is 1. The van der Waals surface area contributed by atoms with Crippen molar-refractivity contribution < 1.29 is 14.4 Å². The molecule has 0 radical (unpaired) electrons. The molecule has 5 saturated heterocycles. The van der Waals surface area contributed by atoms with Crippen LogP contribution in [0.4, 0.5) is 16.2 Å². The molecule has 0 saturated carbocycles. The molecule has 0 aliphatic carbocycles. The molecule has 6 aliphatic rings. The van der Waals surface area contributed by atoms with E-state index in [4.69, 9.17) is 17.3 Å². The van der Waals surface area contributed by atoms with Crippen LogP contribution in [0.3, 0.4) is 0 Å². The summed E-state index contributed by atoms with van der Waals surface area (Å²) in [6, 6.07) is 12.4. The Morgan fingerprint density at radius 1 is 0.958 bits per heavy atom. The number of piperidine rings is 4. The van der Waals surface area contributed by atoms with Gasteiger partial charge in [0.25, 0.3) is 0 Å². The van der Waals surface area contributed by atoms with E-state index in [9.17, 15) is 14.4 Å². The van der Waals surface area contributed by atoms with E-state index < -0.39 is 5.92 Å². The third kappa shape index (κ3) is 6.89. The molecule has 48 heavy (non-hydrogen) atoms. The lowest BCUT2D eigenvalue weighted by molar-refractivity contribution is -0.143. The maximum absolute atomic E-state index is 14.3. The number of urea groups is 1. The summed E-state index contributed by atoms with van der Waals surface area (Å²) in [4.78, 5) is 52.0. The van der Waals surface area contributed by atoms with Gasteiger partial charge in [-0.25, -0.2) is 4.79 Å². The summed E-state index contributed by atoms with van der Waals surface area (Å²) < 4.78 is 0. The SMILES string of the molecule is CCc1cc(C[C@@H](CC(=O)N2CCC(N3Cc4ccccc4NC3=O)CC2)C(=O)N2CCN(C3CN4CCC3CC4)CC2)cc(Cl)c1N. The Morgan fingerprint density at radius 3 is 2.38 bits per heavy atom. The first-order valence-electron chi connectivity index (χ1n) is 18.0. The average molecular weight is 676 g/mol. The summed E-state index contributed by atoms with van der Waals surface area (Å²) in [6.07, 6.45) is 5.35. The fourth-order valence-corrected chi connectivity index (χ4v) is 9.10. The molecular weight excluding hydrogens is 626 g/mol. The Hall–Kier alpha value is -3.34. The van der Waals surface area contributed by atoms with Crippen LogP contribution < -0.4 is 11.1 Å². The van der Waals surface area contributed by atoms with Crippen molar-refractivity contribution in [3.63, 3.8) is 0 Å². The zero-order chi connectivity index (χ0) is 33.4. The summed E-state index contributed by atoms with van der Waals surface area (Å²) in [7, 11) is 0. The van der Waals surface area contributed by atoms with Crippen LogP contribution in [-0.2, 0) is 29.0 Å². The largest absolute Gasteiger partial charge is 0.397 e. The molecule has 4 amide bonds. The van der Waals surface area contributed by atoms with Crippen molar-refractivity contribution in [1.82, 2.24) is 24.5 Å². The highest BCUT2D eigenvalue weighted by Gasteiger charge is 2.40. The zero-order valence-electron chi connectivity index (χ0n) is 28.2. The molecule has 11 heteroatoms. The molecule has 6 aliphatic heterocycles. The number of carbonyl (C=O) groups excluding carboxylic acids is 3. The van der Waals surface area contributed by atoms with E-state index in [2.05, 4.69) is 15.1 Å². The number of fused-ring (bicyclic) bond motifs is 4. The highest BCUT2D eigenvalue weighted by Crippen LogP contribution is 2.33. The van der Waals surface area contributed by atoms with Crippen molar-refractivity contribution in [2.24, 2.45) is 11.8 Å². The second-order valence-corrected chi connectivity index (χ2v) is 14.9. The van der Waals surface area contributed by atoms with Crippen LogP contribution in [-0.4, -0.2) is 113 Å². The van der Waals surface area contributed by atoms with E-state index in [1.165, 1.54) is 25.9 Å². The minimum absolute atomic E-state index is 0.00316. The molecule has 8 rings (SSSR count). The van der Waals surface area contributed by atoms with Gasteiger partial charge in [0, 0.05) is 76.5 Å². The van der Waals surface area contributed by atoms with Gasteiger partial charge in [-0.15, -0.1) is 0 Å². The number of rotatable bonds is 8. The smallest absolute Gasteiger partial charge is 0.322 e. The van der Waals surface area contributed by atoms with E-state index >= 15 is 0 Å². The number of benzene rings is 2. The molecule has 2 aromatic rings. The maximum atomic E-state index is 14.3. The number of hydrogen-bond donors (Lipinski definition) is 2. The quantitative estimate of drug-likeness (QED) is 0.404. The highest BCUT2D eigenvalue weighted by molar-refractivity contribution is 6.33. The van der Waals surface area contributed by atoms with E-state index in [1.54, 1.807) is 0 Å². The van der Waals surface area contributed by atoms with Crippen molar-refractivity contribution in [2.45, 2.75) is 70.5 Å². The molecule has 10 nitrogen and oxygen atoms in total. The molecule has 2 bridgehead atoms. The number of nitrogen functional groups attached to an aromatic ring is 1. The van der Waals surface area contributed by atoms with Crippen molar-refractivity contribution in [3.8, 4) is 0 Å². The van der Waals surface area contributed by atoms with Crippen LogP contribution in [0.2, 0.25) is 5.02 Å². The first kappa shape index (κ1) is 33.2. The lowest BCUT2D eigenvalue weighted by atomic mass is 9.83. The first-order valence-corrected chi connectivity index (χ1v) is 18.4. The van der Waals surface area contributed by atoms with Crippen molar-refractivity contribution >= 4 is 40.8 Å². The summed E-state index contributed by atoms with van der Waals surface area (Å²) in [6.45, 7) is 10.5. The number of nitrogens with zero attached hydrogens (tertiary/aromatic N) is 5. The van der Waals surface area contributed by atoms with Crippen LogP contribution in [0.25, 0.3) is 0 Å². The monoisotopic (exact) mass is 675 g/mol. The second-order valence-electron chi connectivity index (χ2n) is 14.5. The number of hydrogen-bond acceptors (Lipinski definition) is 6. The van der Waals surface area contributed by atoms with Gasteiger partial charge in [0.05, 0.1) is 16.6 Å². The Kier molecular flexibility index (Phi) is 9.85. The second kappa shape index (κ2) is 14.3. The zero-order valence-corrected chi connectivity index (χ0v) is 29.0. The Morgan fingerprint density at radius 2 is 1.69 bits per heavy atom. The van der Waals surface area contributed by atoms with E-state index in [0.29, 0.717) is 55.9 Å².